The van der Waals surface area contributed by atoms with Crippen molar-refractivity contribution >= 4 is 17.2 Å². The van der Waals surface area contributed by atoms with Gasteiger partial charge in [0.1, 0.15) is 12.2 Å². The van der Waals surface area contributed by atoms with E-state index in [0.717, 1.165) is 18.1 Å². The van der Waals surface area contributed by atoms with E-state index in [0.29, 0.717) is 24.8 Å². The van der Waals surface area contributed by atoms with Gasteiger partial charge in [0.15, 0.2) is 5.82 Å². The van der Waals surface area contributed by atoms with Crippen LogP contribution in [0.1, 0.15) is 17.5 Å². The van der Waals surface area contributed by atoms with E-state index in [-0.39, 0.29) is 12.3 Å². The largest absolute Gasteiger partial charge is 0.339 e. The topological polar surface area (TPSA) is 77.0 Å². The molecule has 23 heavy (non-hydrogen) atoms. The minimum absolute atomic E-state index is 0.0134. The monoisotopic (exact) mass is 329 g/mol. The number of fused-ring (bicyclic) bond motifs is 1. The van der Waals surface area contributed by atoms with Crippen molar-refractivity contribution in [3.05, 3.63) is 41.2 Å². The van der Waals surface area contributed by atoms with Crippen LogP contribution in [0.3, 0.4) is 0 Å². The number of nitrogens with zero attached hydrogens (tertiary/aromatic N) is 5. The van der Waals surface area contributed by atoms with Gasteiger partial charge in [-0.2, -0.15) is 4.98 Å². The second-order valence-electron chi connectivity index (χ2n) is 5.42. The molecule has 8 heteroatoms. The van der Waals surface area contributed by atoms with Crippen LogP contribution >= 0.6 is 11.3 Å². The molecule has 0 unspecified atom stereocenters. The molecule has 3 aromatic rings. The number of carbonyl (C=O) groups excluding carboxylic acids is 1. The lowest BCUT2D eigenvalue weighted by molar-refractivity contribution is -0.132. The normalized spacial score (nSPS) is 14.0. The summed E-state index contributed by atoms with van der Waals surface area (Å²) in [7, 11) is 0. The molecule has 0 fully saturated rings. The highest BCUT2D eigenvalue weighted by Gasteiger charge is 2.25. The van der Waals surface area contributed by atoms with Crippen LogP contribution in [0.4, 0.5) is 0 Å². The van der Waals surface area contributed by atoms with Gasteiger partial charge in [0.25, 0.3) is 0 Å². The van der Waals surface area contributed by atoms with E-state index in [4.69, 9.17) is 4.52 Å². The molecule has 3 aromatic heterocycles. The molecular weight excluding hydrogens is 314 g/mol. The molecule has 4 heterocycles. The Morgan fingerprint density at radius 1 is 1.43 bits per heavy atom. The summed E-state index contributed by atoms with van der Waals surface area (Å²) in [5, 5.41) is 5.77. The molecule has 0 bridgehead atoms. The SMILES string of the molecule is Cc1noc(CC(=O)N2CCn3c(-c4cccs4)cnc3C2)n1. The van der Waals surface area contributed by atoms with Gasteiger partial charge in [-0.05, 0) is 18.4 Å². The maximum atomic E-state index is 12.4. The Morgan fingerprint density at radius 2 is 2.35 bits per heavy atom. The Morgan fingerprint density at radius 3 is 3.09 bits per heavy atom. The van der Waals surface area contributed by atoms with Crippen molar-refractivity contribution in [2.24, 2.45) is 0 Å². The first-order valence-corrected chi connectivity index (χ1v) is 8.24. The highest BCUT2D eigenvalue weighted by molar-refractivity contribution is 7.13. The molecule has 7 nitrogen and oxygen atoms in total. The van der Waals surface area contributed by atoms with Gasteiger partial charge >= 0.3 is 0 Å². The van der Waals surface area contributed by atoms with Crippen LogP contribution < -0.4 is 0 Å². The van der Waals surface area contributed by atoms with Crippen molar-refractivity contribution in [1.82, 2.24) is 24.6 Å². The second kappa shape index (κ2) is 5.62. The fraction of sp³-hybridized carbons (Fsp3) is 0.333. The Labute approximate surface area is 136 Å². The molecule has 118 valence electrons. The van der Waals surface area contributed by atoms with Crippen LogP contribution in [-0.2, 0) is 24.3 Å². The maximum absolute atomic E-state index is 12.4. The molecule has 0 spiro atoms. The number of amides is 1. The highest BCUT2D eigenvalue weighted by Crippen LogP contribution is 2.27. The third-order valence-electron chi connectivity index (χ3n) is 3.86. The molecule has 1 amide bonds. The summed E-state index contributed by atoms with van der Waals surface area (Å²) >= 11 is 1.70. The molecule has 0 atom stereocenters. The van der Waals surface area contributed by atoms with E-state index >= 15 is 0 Å². The van der Waals surface area contributed by atoms with E-state index in [9.17, 15) is 4.79 Å². The predicted octanol–water partition coefficient (Wildman–Crippen LogP) is 1.89. The van der Waals surface area contributed by atoms with Crippen LogP contribution in [-0.4, -0.2) is 37.0 Å². The van der Waals surface area contributed by atoms with Crippen LogP contribution in [0.25, 0.3) is 10.6 Å². The van der Waals surface area contributed by atoms with Crippen LogP contribution in [0.15, 0.2) is 28.2 Å². The molecule has 0 aliphatic carbocycles. The number of aryl methyl sites for hydroxylation is 1. The summed E-state index contributed by atoms with van der Waals surface area (Å²) in [6.45, 7) is 3.66. The zero-order chi connectivity index (χ0) is 15.8. The van der Waals surface area contributed by atoms with Gasteiger partial charge in [0.2, 0.25) is 11.8 Å². The molecule has 0 aromatic carbocycles. The van der Waals surface area contributed by atoms with E-state index in [1.54, 1.807) is 23.2 Å². The molecule has 0 N–H and O–H groups in total. The van der Waals surface area contributed by atoms with Crippen LogP contribution in [0, 0.1) is 6.92 Å². The fourth-order valence-corrected chi connectivity index (χ4v) is 3.49. The summed E-state index contributed by atoms with van der Waals surface area (Å²) in [6, 6.07) is 4.12. The molecule has 1 aliphatic heterocycles. The third kappa shape index (κ3) is 2.65. The van der Waals surface area contributed by atoms with Crippen molar-refractivity contribution in [3.63, 3.8) is 0 Å². The summed E-state index contributed by atoms with van der Waals surface area (Å²) < 4.78 is 7.21. The smallest absolute Gasteiger partial charge is 0.236 e. The lowest BCUT2D eigenvalue weighted by atomic mass is 10.3. The number of aromatic nitrogens is 4. The number of rotatable bonds is 3. The van der Waals surface area contributed by atoms with Crippen LogP contribution in [0.2, 0.25) is 0 Å². The van der Waals surface area contributed by atoms with Gasteiger partial charge in [0.05, 0.1) is 23.3 Å². The second-order valence-corrected chi connectivity index (χ2v) is 6.36. The predicted molar refractivity (Wildman–Crippen MR) is 83.7 cm³/mol. The zero-order valence-electron chi connectivity index (χ0n) is 12.6. The first-order valence-electron chi connectivity index (χ1n) is 7.36. The minimum Gasteiger partial charge on any atom is -0.339 e. The summed E-state index contributed by atoms with van der Waals surface area (Å²) in [5.74, 6) is 1.80. The summed E-state index contributed by atoms with van der Waals surface area (Å²) in [6.07, 6.45) is 2.02. The van der Waals surface area contributed by atoms with E-state index in [2.05, 4.69) is 31.1 Å². The minimum atomic E-state index is -0.0134. The van der Waals surface area contributed by atoms with Crippen LogP contribution in [0.5, 0.6) is 0 Å². The standard InChI is InChI=1S/C15H15N5O2S/c1-10-17-14(22-18-10)7-15(21)19-4-5-20-11(8-16-13(20)9-19)12-3-2-6-23-12/h2-3,6,8H,4-5,7,9H2,1H3. The average Bonchev–Trinajstić information content (AvgIpc) is 3.26. The number of hydrogen-bond donors (Lipinski definition) is 0. The molecule has 4 rings (SSSR count). The molecule has 0 saturated heterocycles. The Hall–Kier alpha value is -2.48. The van der Waals surface area contributed by atoms with Gasteiger partial charge in [-0.15, -0.1) is 11.3 Å². The molecule has 1 aliphatic rings. The van der Waals surface area contributed by atoms with E-state index < -0.39 is 0 Å². The number of carbonyl (C=O) groups is 1. The number of thiophene rings is 1. The lowest BCUT2D eigenvalue weighted by Gasteiger charge is -2.28. The van der Waals surface area contributed by atoms with Crippen molar-refractivity contribution in [2.45, 2.75) is 26.4 Å². The Kier molecular flexibility index (Phi) is 3.45. The average molecular weight is 329 g/mol. The number of hydrogen-bond acceptors (Lipinski definition) is 6. The molecular formula is C15H15N5O2S. The first kappa shape index (κ1) is 14.1. The van der Waals surface area contributed by atoms with Gasteiger partial charge in [0, 0.05) is 13.1 Å². The highest BCUT2D eigenvalue weighted by atomic mass is 32.1. The lowest BCUT2D eigenvalue weighted by Crippen LogP contribution is -2.39. The van der Waals surface area contributed by atoms with E-state index in [1.807, 2.05) is 12.3 Å². The van der Waals surface area contributed by atoms with Gasteiger partial charge in [-0.25, -0.2) is 4.98 Å². The van der Waals surface area contributed by atoms with Crippen molar-refractivity contribution in [1.29, 1.82) is 0 Å². The quantitative estimate of drug-likeness (QED) is 0.733. The Balaban J connectivity index is 1.50. The summed E-state index contributed by atoms with van der Waals surface area (Å²) in [5.41, 5.74) is 1.12. The van der Waals surface area contributed by atoms with E-state index in [1.165, 1.54) is 4.88 Å². The Bertz CT molecular complexity index is 836. The van der Waals surface area contributed by atoms with Crippen molar-refractivity contribution in [2.75, 3.05) is 6.54 Å². The van der Waals surface area contributed by atoms with Crippen molar-refractivity contribution < 1.29 is 9.32 Å². The van der Waals surface area contributed by atoms with Gasteiger partial charge in [-0.3, -0.25) is 4.79 Å². The van der Waals surface area contributed by atoms with Gasteiger partial charge < -0.3 is 14.0 Å². The third-order valence-corrected chi connectivity index (χ3v) is 4.75. The van der Waals surface area contributed by atoms with Crippen molar-refractivity contribution in [3.8, 4) is 10.6 Å². The summed E-state index contributed by atoms with van der Waals surface area (Å²) in [4.78, 5) is 23.9. The zero-order valence-corrected chi connectivity index (χ0v) is 13.4. The fourth-order valence-electron chi connectivity index (χ4n) is 2.75. The number of imidazole rings is 1. The first-order chi connectivity index (χ1) is 11.2. The molecule has 0 saturated carbocycles. The van der Waals surface area contributed by atoms with Gasteiger partial charge in [-0.1, -0.05) is 11.2 Å². The molecule has 0 radical (unpaired) electrons. The maximum Gasteiger partial charge on any atom is 0.236 e.